The van der Waals surface area contributed by atoms with Crippen molar-refractivity contribution in [1.29, 1.82) is 0 Å². The Labute approximate surface area is 256 Å². The van der Waals surface area contributed by atoms with E-state index in [2.05, 4.69) is 5.32 Å². The predicted octanol–water partition coefficient (Wildman–Crippen LogP) is 6.11. The number of nitrogens with one attached hydrogen (secondary N) is 1. The zero-order valence-electron chi connectivity index (χ0n) is 22.6. The summed E-state index contributed by atoms with van der Waals surface area (Å²) in [4.78, 5) is 29.4. The minimum atomic E-state index is -3.90. The summed E-state index contributed by atoms with van der Waals surface area (Å²) < 4.78 is 26.7. The van der Waals surface area contributed by atoms with Crippen LogP contribution in [0.15, 0.2) is 72.8 Å². The second kappa shape index (κ2) is 13.9. The molecule has 7 nitrogen and oxygen atoms in total. The molecule has 1 aliphatic carbocycles. The lowest BCUT2D eigenvalue weighted by atomic mass is 10.0. The van der Waals surface area contributed by atoms with Gasteiger partial charge >= 0.3 is 0 Å². The smallest absolute Gasteiger partial charge is 0.244 e. The molecule has 0 saturated heterocycles. The Kier molecular flexibility index (Phi) is 10.6. The highest BCUT2D eigenvalue weighted by atomic mass is 35.5. The van der Waals surface area contributed by atoms with Crippen molar-refractivity contribution in [2.75, 3.05) is 17.1 Å². The van der Waals surface area contributed by atoms with E-state index < -0.39 is 28.5 Å². The van der Waals surface area contributed by atoms with E-state index in [4.69, 9.17) is 34.8 Å². The molecule has 3 aromatic carbocycles. The Hall–Kier alpha value is -2.78. The second-order valence-corrected chi connectivity index (χ2v) is 13.3. The van der Waals surface area contributed by atoms with Crippen molar-refractivity contribution in [3.8, 4) is 0 Å². The van der Waals surface area contributed by atoms with Crippen LogP contribution < -0.4 is 9.62 Å². The molecular formula is C30H32Cl3N3O4S. The van der Waals surface area contributed by atoms with E-state index in [-0.39, 0.29) is 30.6 Å². The van der Waals surface area contributed by atoms with Crippen molar-refractivity contribution in [1.82, 2.24) is 10.2 Å². The van der Waals surface area contributed by atoms with E-state index in [1.54, 1.807) is 36.4 Å². The van der Waals surface area contributed by atoms with Crippen LogP contribution in [0.5, 0.6) is 0 Å². The van der Waals surface area contributed by atoms with Gasteiger partial charge in [0, 0.05) is 39.6 Å². The van der Waals surface area contributed by atoms with Crippen molar-refractivity contribution < 1.29 is 18.0 Å². The second-order valence-electron chi connectivity index (χ2n) is 10.2. The molecule has 11 heteroatoms. The predicted molar refractivity (Wildman–Crippen MR) is 165 cm³/mol. The highest BCUT2D eigenvalue weighted by Gasteiger charge is 2.35. The largest absolute Gasteiger partial charge is 0.352 e. The lowest BCUT2D eigenvalue weighted by molar-refractivity contribution is -0.140. The van der Waals surface area contributed by atoms with Crippen LogP contribution in [-0.2, 0) is 32.6 Å². The summed E-state index contributed by atoms with van der Waals surface area (Å²) in [7, 11) is -3.90. The Morgan fingerprint density at radius 3 is 2.17 bits per heavy atom. The maximum absolute atomic E-state index is 14.2. The molecule has 0 radical (unpaired) electrons. The van der Waals surface area contributed by atoms with Gasteiger partial charge in [-0.2, -0.15) is 0 Å². The molecule has 2 amide bonds. The van der Waals surface area contributed by atoms with E-state index in [0.29, 0.717) is 20.6 Å². The van der Waals surface area contributed by atoms with Gasteiger partial charge < -0.3 is 10.2 Å². The van der Waals surface area contributed by atoms with Crippen LogP contribution in [0.2, 0.25) is 15.1 Å². The first-order chi connectivity index (χ1) is 19.5. The van der Waals surface area contributed by atoms with Gasteiger partial charge in [-0.05, 0) is 48.7 Å². The number of nitrogens with zero attached hydrogens (tertiary/aromatic N) is 2. The molecule has 0 unspecified atom stereocenters. The number of carbonyl (C=O) groups excluding carboxylic acids is 2. The summed E-state index contributed by atoms with van der Waals surface area (Å²) in [5, 5.41) is 4.11. The maximum atomic E-state index is 14.2. The fraction of sp³-hybridized carbons (Fsp3) is 0.333. The minimum absolute atomic E-state index is 0.0144. The number of hydrogen-bond acceptors (Lipinski definition) is 4. The van der Waals surface area contributed by atoms with E-state index in [9.17, 15) is 18.0 Å². The van der Waals surface area contributed by atoms with Gasteiger partial charge in [-0.1, -0.05) is 90.1 Å². The van der Waals surface area contributed by atoms with Gasteiger partial charge in [0.25, 0.3) is 0 Å². The van der Waals surface area contributed by atoms with Gasteiger partial charge in [0.05, 0.1) is 11.9 Å². The molecule has 0 spiro atoms. The van der Waals surface area contributed by atoms with Gasteiger partial charge in [-0.15, -0.1) is 0 Å². The van der Waals surface area contributed by atoms with Gasteiger partial charge in [0.2, 0.25) is 21.8 Å². The van der Waals surface area contributed by atoms with Gasteiger partial charge in [-0.25, -0.2) is 8.42 Å². The summed E-state index contributed by atoms with van der Waals surface area (Å²) >= 11 is 19.2. The first-order valence-corrected chi connectivity index (χ1v) is 16.3. The van der Waals surface area contributed by atoms with E-state index in [1.165, 1.54) is 11.0 Å². The summed E-state index contributed by atoms with van der Waals surface area (Å²) in [5.74, 6) is -0.903. The summed E-state index contributed by atoms with van der Waals surface area (Å²) in [6.45, 7) is -0.649. The zero-order chi connectivity index (χ0) is 29.6. The van der Waals surface area contributed by atoms with Crippen molar-refractivity contribution in [3.05, 3.63) is 99.0 Å². The monoisotopic (exact) mass is 635 g/mol. The molecule has 4 rings (SSSR count). The van der Waals surface area contributed by atoms with Crippen LogP contribution in [0.25, 0.3) is 0 Å². The summed E-state index contributed by atoms with van der Waals surface area (Å²) in [6.07, 6.45) is 5.01. The molecule has 0 bridgehead atoms. The standard InChI is InChI=1S/C30H32Cl3N3O4S/c1-41(39,40)36(24-14-7-11-22(31)18-24)20-29(37)35(19-25-26(32)15-8-16-27(25)33)28(17-21-9-3-2-4-10-21)30(38)34-23-12-5-6-13-23/h2-4,7-11,14-16,18,23,28H,5-6,12-13,17,19-20H2,1H3,(H,34,38)/t28-/m0/s1. The third kappa shape index (κ3) is 8.38. The third-order valence-electron chi connectivity index (χ3n) is 7.14. The van der Waals surface area contributed by atoms with Crippen LogP contribution in [0.1, 0.15) is 36.8 Å². The molecule has 1 aliphatic rings. The average Bonchev–Trinajstić information content (AvgIpc) is 3.43. The van der Waals surface area contributed by atoms with Crippen molar-refractivity contribution in [2.24, 2.45) is 0 Å². The molecular weight excluding hydrogens is 605 g/mol. The highest BCUT2D eigenvalue weighted by Crippen LogP contribution is 2.29. The van der Waals surface area contributed by atoms with Crippen molar-refractivity contribution >= 4 is 62.3 Å². The summed E-state index contributed by atoms with van der Waals surface area (Å²) in [6, 6.07) is 19.7. The molecule has 1 fully saturated rings. The third-order valence-corrected chi connectivity index (χ3v) is 9.22. The van der Waals surface area contributed by atoms with Crippen LogP contribution >= 0.6 is 34.8 Å². The number of sulfonamides is 1. The number of anilines is 1. The van der Waals surface area contributed by atoms with Crippen molar-refractivity contribution in [2.45, 2.75) is 50.7 Å². The normalized spacial score (nSPS) is 14.4. The van der Waals surface area contributed by atoms with E-state index in [1.807, 2.05) is 30.3 Å². The number of amides is 2. The minimum Gasteiger partial charge on any atom is -0.352 e. The molecule has 0 heterocycles. The van der Waals surface area contributed by atoms with Crippen LogP contribution in [0, 0.1) is 0 Å². The number of hydrogen-bond donors (Lipinski definition) is 1. The lowest BCUT2D eigenvalue weighted by Gasteiger charge is -2.34. The molecule has 1 N–H and O–H groups in total. The number of benzene rings is 3. The fourth-order valence-corrected chi connectivity index (χ4v) is 6.56. The molecule has 41 heavy (non-hydrogen) atoms. The molecule has 1 atom stereocenters. The quantitative estimate of drug-likeness (QED) is 0.275. The van der Waals surface area contributed by atoms with Gasteiger partial charge in [0.15, 0.2) is 0 Å². The first kappa shape index (κ1) is 31.2. The number of rotatable bonds is 11. The Bertz CT molecular complexity index is 1460. The average molecular weight is 637 g/mol. The number of halogens is 3. The Morgan fingerprint density at radius 2 is 1.56 bits per heavy atom. The molecule has 1 saturated carbocycles. The molecule has 0 aromatic heterocycles. The van der Waals surface area contributed by atoms with Crippen LogP contribution in [0.3, 0.4) is 0 Å². The van der Waals surface area contributed by atoms with Crippen molar-refractivity contribution in [3.63, 3.8) is 0 Å². The molecule has 218 valence electrons. The van der Waals surface area contributed by atoms with Gasteiger partial charge in [-0.3, -0.25) is 13.9 Å². The van der Waals surface area contributed by atoms with Crippen LogP contribution in [-0.4, -0.2) is 50.0 Å². The lowest BCUT2D eigenvalue weighted by Crippen LogP contribution is -2.54. The topological polar surface area (TPSA) is 86.8 Å². The fourth-order valence-electron chi connectivity index (χ4n) is 5.02. The molecule has 0 aliphatic heterocycles. The molecule has 3 aromatic rings. The first-order valence-electron chi connectivity index (χ1n) is 13.3. The van der Waals surface area contributed by atoms with Gasteiger partial charge in [0.1, 0.15) is 12.6 Å². The maximum Gasteiger partial charge on any atom is 0.244 e. The van der Waals surface area contributed by atoms with E-state index in [0.717, 1.165) is 41.8 Å². The van der Waals surface area contributed by atoms with Crippen LogP contribution in [0.4, 0.5) is 5.69 Å². The Morgan fingerprint density at radius 1 is 0.927 bits per heavy atom. The summed E-state index contributed by atoms with van der Waals surface area (Å²) in [5.41, 5.74) is 1.54. The zero-order valence-corrected chi connectivity index (χ0v) is 25.7. The SMILES string of the molecule is CS(=O)(=O)N(CC(=O)N(Cc1c(Cl)cccc1Cl)[C@@H](Cc1ccccc1)C(=O)NC1CCCC1)c1cccc(Cl)c1. The Balaban J connectivity index is 1.76. The number of carbonyl (C=O) groups is 2. The highest BCUT2D eigenvalue weighted by molar-refractivity contribution is 7.92. The van der Waals surface area contributed by atoms with E-state index >= 15 is 0 Å².